The Kier molecular flexibility index (Phi) is 4.57. The van der Waals surface area contributed by atoms with E-state index in [9.17, 15) is 5.11 Å². The van der Waals surface area contributed by atoms with Crippen molar-refractivity contribution in [2.45, 2.75) is 57.2 Å². The van der Waals surface area contributed by atoms with Gasteiger partial charge in [0.2, 0.25) is 0 Å². The number of rotatable bonds is 4. The molecule has 1 saturated carbocycles. The molecule has 0 spiro atoms. The second kappa shape index (κ2) is 6.27. The molecule has 1 aliphatic heterocycles. The van der Waals surface area contributed by atoms with Gasteiger partial charge >= 0.3 is 0 Å². The summed E-state index contributed by atoms with van der Waals surface area (Å²) in [5.41, 5.74) is 2.18. The highest BCUT2D eigenvalue weighted by molar-refractivity contribution is 9.10. The Morgan fingerprint density at radius 3 is 2.90 bits per heavy atom. The summed E-state index contributed by atoms with van der Waals surface area (Å²) in [4.78, 5) is 2.44. The van der Waals surface area contributed by atoms with Gasteiger partial charge in [0.15, 0.2) is 0 Å². The van der Waals surface area contributed by atoms with Crippen LogP contribution in [0.4, 0.5) is 5.69 Å². The highest BCUT2D eigenvalue weighted by atomic mass is 79.9. The van der Waals surface area contributed by atoms with E-state index in [4.69, 9.17) is 0 Å². The minimum atomic E-state index is -0.507. The van der Waals surface area contributed by atoms with Crippen molar-refractivity contribution in [1.29, 1.82) is 0 Å². The molecule has 4 heteroatoms. The molecular formula is C17H25BrN2O. The van der Waals surface area contributed by atoms with Crippen LogP contribution in [0, 0.1) is 0 Å². The van der Waals surface area contributed by atoms with Gasteiger partial charge in [-0.2, -0.15) is 0 Å². The zero-order chi connectivity index (χ0) is 14.9. The predicted octanol–water partition coefficient (Wildman–Crippen LogP) is 3.44. The Hall–Kier alpha value is -0.580. The molecule has 1 aliphatic carbocycles. The standard InChI is InChI=1S/C17H25BrN2O/c1-17(21)7-2-9-20(10-8-17)16-11-14(18)4-3-13(16)12-19-15-5-6-15/h3-4,11,15,19,21H,2,5-10,12H2,1H3. The van der Waals surface area contributed by atoms with Crippen molar-refractivity contribution in [1.82, 2.24) is 5.32 Å². The first kappa shape index (κ1) is 15.3. The number of halogens is 1. The fourth-order valence-corrected chi connectivity index (χ4v) is 3.38. The molecule has 21 heavy (non-hydrogen) atoms. The van der Waals surface area contributed by atoms with Crippen LogP contribution in [-0.4, -0.2) is 29.8 Å². The van der Waals surface area contributed by atoms with Crippen molar-refractivity contribution < 1.29 is 5.11 Å². The summed E-state index contributed by atoms with van der Waals surface area (Å²) < 4.78 is 1.13. The molecule has 1 aromatic rings. The largest absolute Gasteiger partial charge is 0.390 e. The summed E-state index contributed by atoms with van der Waals surface area (Å²) in [7, 11) is 0. The number of hydrogen-bond acceptors (Lipinski definition) is 3. The van der Waals surface area contributed by atoms with E-state index in [1.54, 1.807) is 0 Å². The van der Waals surface area contributed by atoms with Crippen LogP contribution >= 0.6 is 15.9 Å². The smallest absolute Gasteiger partial charge is 0.0637 e. The van der Waals surface area contributed by atoms with Gasteiger partial charge in [0.05, 0.1) is 5.60 Å². The lowest BCUT2D eigenvalue weighted by atomic mass is 9.98. The van der Waals surface area contributed by atoms with Gasteiger partial charge in [-0.1, -0.05) is 22.0 Å². The molecule has 2 N–H and O–H groups in total. The molecule has 116 valence electrons. The number of benzene rings is 1. The van der Waals surface area contributed by atoms with Gasteiger partial charge in [0.1, 0.15) is 0 Å². The Morgan fingerprint density at radius 2 is 2.14 bits per heavy atom. The van der Waals surface area contributed by atoms with Crippen LogP contribution in [0.5, 0.6) is 0 Å². The topological polar surface area (TPSA) is 35.5 Å². The van der Waals surface area contributed by atoms with Crippen molar-refractivity contribution in [2.24, 2.45) is 0 Å². The van der Waals surface area contributed by atoms with Crippen LogP contribution in [0.1, 0.15) is 44.6 Å². The molecule has 1 saturated heterocycles. The zero-order valence-electron chi connectivity index (χ0n) is 12.7. The summed E-state index contributed by atoms with van der Waals surface area (Å²) in [6, 6.07) is 7.30. The van der Waals surface area contributed by atoms with Crippen molar-refractivity contribution >= 4 is 21.6 Å². The number of nitrogens with one attached hydrogen (secondary N) is 1. The van der Waals surface area contributed by atoms with Crippen molar-refractivity contribution in [3.8, 4) is 0 Å². The van der Waals surface area contributed by atoms with Crippen molar-refractivity contribution in [3.63, 3.8) is 0 Å². The third kappa shape index (κ3) is 4.21. The van der Waals surface area contributed by atoms with E-state index in [0.29, 0.717) is 0 Å². The first-order valence-corrected chi connectivity index (χ1v) is 8.82. The van der Waals surface area contributed by atoms with Crippen LogP contribution in [0.15, 0.2) is 22.7 Å². The SMILES string of the molecule is CC1(O)CCCN(c2cc(Br)ccc2CNC2CC2)CC1. The average Bonchev–Trinajstić information content (AvgIpc) is 3.25. The van der Waals surface area contributed by atoms with E-state index in [1.165, 1.54) is 24.1 Å². The number of aliphatic hydroxyl groups is 1. The minimum Gasteiger partial charge on any atom is -0.390 e. The third-order valence-electron chi connectivity index (χ3n) is 4.61. The van der Waals surface area contributed by atoms with E-state index in [0.717, 1.165) is 49.4 Å². The molecule has 1 heterocycles. The van der Waals surface area contributed by atoms with Gasteiger partial charge in [-0.15, -0.1) is 0 Å². The maximum Gasteiger partial charge on any atom is 0.0637 e. The highest BCUT2D eigenvalue weighted by Crippen LogP contribution is 2.30. The molecule has 2 fully saturated rings. The summed E-state index contributed by atoms with van der Waals surface area (Å²) in [5.74, 6) is 0. The van der Waals surface area contributed by atoms with Gasteiger partial charge in [-0.05, 0) is 56.7 Å². The Morgan fingerprint density at radius 1 is 1.33 bits per heavy atom. The first-order chi connectivity index (χ1) is 10.0. The molecule has 1 unspecified atom stereocenters. The van der Waals surface area contributed by atoms with Crippen molar-refractivity contribution in [3.05, 3.63) is 28.2 Å². The number of nitrogens with zero attached hydrogens (tertiary/aromatic N) is 1. The fourth-order valence-electron chi connectivity index (χ4n) is 3.03. The maximum atomic E-state index is 10.3. The van der Waals surface area contributed by atoms with Crippen LogP contribution < -0.4 is 10.2 Å². The second-order valence-corrected chi connectivity index (χ2v) is 7.68. The van der Waals surface area contributed by atoms with Crippen LogP contribution in [0.2, 0.25) is 0 Å². The number of hydrogen-bond donors (Lipinski definition) is 2. The quantitative estimate of drug-likeness (QED) is 0.871. The number of anilines is 1. The molecular weight excluding hydrogens is 328 g/mol. The lowest BCUT2D eigenvalue weighted by Gasteiger charge is -2.27. The lowest BCUT2D eigenvalue weighted by Crippen LogP contribution is -2.29. The molecule has 0 bridgehead atoms. The molecule has 0 aromatic heterocycles. The second-order valence-electron chi connectivity index (χ2n) is 6.77. The van der Waals surface area contributed by atoms with E-state index >= 15 is 0 Å². The fraction of sp³-hybridized carbons (Fsp3) is 0.647. The molecule has 1 aromatic carbocycles. The Balaban J connectivity index is 1.76. The van der Waals surface area contributed by atoms with Gasteiger partial charge in [0, 0.05) is 35.8 Å². The van der Waals surface area contributed by atoms with Crippen LogP contribution in [-0.2, 0) is 6.54 Å². The highest BCUT2D eigenvalue weighted by Gasteiger charge is 2.26. The molecule has 1 atom stereocenters. The van der Waals surface area contributed by atoms with E-state index in [-0.39, 0.29) is 0 Å². The normalized spacial score (nSPS) is 26.7. The van der Waals surface area contributed by atoms with Crippen molar-refractivity contribution in [2.75, 3.05) is 18.0 Å². The Bertz CT molecular complexity index is 500. The van der Waals surface area contributed by atoms with Gasteiger partial charge in [-0.3, -0.25) is 0 Å². The monoisotopic (exact) mass is 352 g/mol. The summed E-state index contributed by atoms with van der Waals surface area (Å²) in [5, 5.41) is 13.9. The molecule has 0 amide bonds. The predicted molar refractivity (Wildman–Crippen MR) is 90.7 cm³/mol. The van der Waals surface area contributed by atoms with E-state index in [2.05, 4.69) is 44.3 Å². The summed E-state index contributed by atoms with van der Waals surface area (Å²) >= 11 is 3.60. The lowest BCUT2D eigenvalue weighted by molar-refractivity contribution is 0.0481. The van der Waals surface area contributed by atoms with Gasteiger partial charge in [0.25, 0.3) is 0 Å². The zero-order valence-corrected chi connectivity index (χ0v) is 14.3. The first-order valence-electron chi connectivity index (χ1n) is 8.03. The molecule has 3 nitrogen and oxygen atoms in total. The molecule has 2 aliphatic rings. The minimum absolute atomic E-state index is 0.507. The molecule has 3 rings (SSSR count). The van der Waals surface area contributed by atoms with E-state index < -0.39 is 5.60 Å². The Labute approximate surface area is 135 Å². The summed E-state index contributed by atoms with van der Waals surface area (Å²) in [6.07, 6.45) is 5.42. The summed E-state index contributed by atoms with van der Waals surface area (Å²) in [6.45, 7) is 4.87. The average molecular weight is 353 g/mol. The maximum absolute atomic E-state index is 10.3. The van der Waals surface area contributed by atoms with E-state index in [1.807, 2.05) is 6.92 Å². The van der Waals surface area contributed by atoms with Gasteiger partial charge < -0.3 is 15.3 Å². The van der Waals surface area contributed by atoms with Gasteiger partial charge in [-0.25, -0.2) is 0 Å². The molecule has 0 radical (unpaired) electrons. The van der Waals surface area contributed by atoms with Crippen LogP contribution in [0.3, 0.4) is 0 Å². The van der Waals surface area contributed by atoms with Crippen LogP contribution in [0.25, 0.3) is 0 Å². The third-order valence-corrected chi connectivity index (χ3v) is 5.10.